The van der Waals surface area contributed by atoms with E-state index in [1.54, 1.807) is 14.2 Å². The molecule has 31 heavy (non-hydrogen) atoms. The van der Waals surface area contributed by atoms with Gasteiger partial charge in [-0.3, -0.25) is 9.69 Å². The number of hydrogen-bond donors (Lipinski definition) is 1. The van der Waals surface area contributed by atoms with Crippen molar-refractivity contribution in [3.05, 3.63) is 59.2 Å². The summed E-state index contributed by atoms with van der Waals surface area (Å²) in [5.74, 6) is 1.45. The number of aryl methyl sites for hydroxylation is 1. The van der Waals surface area contributed by atoms with Crippen LogP contribution in [0, 0.1) is 0 Å². The van der Waals surface area contributed by atoms with Gasteiger partial charge in [-0.25, -0.2) is 0 Å². The second-order valence-corrected chi connectivity index (χ2v) is 8.17. The van der Waals surface area contributed by atoms with Crippen molar-refractivity contribution in [1.29, 1.82) is 0 Å². The van der Waals surface area contributed by atoms with Crippen molar-refractivity contribution in [2.45, 2.75) is 31.2 Å². The van der Waals surface area contributed by atoms with E-state index in [0.717, 1.165) is 37.9 Å². The van der Waals surface area contributed by atoms with Crippen molar-refractivity contribution in [1.82, 2.24) is 10.2 Å². The van der Waals surface area contributed by atoms with Crippen LogP contribution in [-0.2, 0) is 16.0 Å². The van der Waals surface area contributed by atoms with Crippen LogP contribution in [0.25, 0.3) is 0 Å². The van der Waals surface area contributed by atoms with Gasteiger partial charge >= 0.3 is 0 Å². The van der Waals surface area contributed by atoms with Gasteiger partial charge in [0, 0.05) is 19.6 Å². The highest BCUT2D eigenvalue weighted by molar-refractivity contribution is 5.84. The highest BCUT2D eigenvalue weighted by Crippen LogP contribution is 2.34. The number of nitrogens with zero attached hydrogens (tertiary/aromatic N) is 1. The molecule has 2 atom stereocenters. The van der Waals surface area contributed by atoms with Gasteiger partial charge in [-0.05, 0) is 48.1 Å². The third-order valence-corrected chi connectivity index (χ3v) is 6.43. The Labute approximate surface area is 184 Å². The summed E-state index contributed by atoms with van der Waals surface area (Å²) in [6, 6.07) is 14.4. The molecule has 1 aliphatic carbocycles. The molecule has 1 saturated heterocycles. The van der Waals surface area contributed by atoms with Gasteiger partial charge in [-0.15, -0.1) is 0 Å². The zero-order chi connectivity index (χ0) is 21.6. The van der Waals surface area contributed by atoms with Crippen molar-refractivity contribution in [3.8, 4) is 11.5 Å². The van der Waals surface area contributed by atoms with Crippen LogP contribution in [0.2, 0.25) is 0 Å². The highest BCUT2D eigenvalue weighted by Gasteiger charge is 2.29. The number of ether oxygens (including phenoxy) is 3. The molecule has 2 unspecified atom stereocenters. The van der Waals surface area contributed by atoms with E-state index in [1.807, 2.05) is 18.2 Å². The van der Waals surface area contributed by atoms with E-state index < -0.39 is 0 Å². The predicted molar refractivity (Wildman–Crippen MR) is 120 cm³/mol. The van der Waals surface area contributed by atoms with Crippen LogP contribution in [0.1, 0.15) is 41.5 Å². The predicted octanol–water partition coefficient (Wildman–Crippen LogP) is 3.31. The number of amides is 1. The van der Waals surface area contributed by atoms with E-state index in [9.17, 15) is 4.79 Å². The molecule has 6 heteroatoms. The average molecular weight is 425 g/mol. The number of hydrogen-bond acceptors (Lipinski definition) is 5. The van der Waals surface area contributed by atoms with Crippen LogP contribution >= 0.6 is 0 Å². The minimum Gasteiger partial charge on any atom is -0.493 e. The molecule has 1 aliphatic heterocycles. The first-order valence-corrected chi connectivity index (χ1v) is 11.1. The quantitative estimate of drug-likeness (QED) is 0.739. The third kappa shape index (κ3) is 4.86. The summed E-state index contributed by atoms with van der Waals surface area (Å²) in [5.41, 5.74) is 3.59. The number of nitrogens with one attached hydrogen (secondary N) is 1. The molecule has 2 aromatic rings. The summed E-state index contributed by atoms with van der Waals surface area (Å²) >= 11 is 0. The number of morpholine rings is 1. The Morgan fingerprint density at radius 2 is 1.90 bits per heavy atom. The van der Waals surface area contributed by atoms with E-state index in [4.69, 9.17) is 14.2 Å². The number of methoxy groups -OCH3 is 2. The van der Waals surface area contributed by atoms with Gasteiger partial charge in [0.25, 0.3) is 0 Å². The lowest BCUT2D eigenvalue weighted by atomic mass is 9.82. The molecule has 6 nitrogen and oxygen atoms in total. The Bertz CT molecular complexity index is 895. The Morgan fingerprint density at radius 3 is 2.68 bits per heavy atom. The van der Waals surface area contributed by atoms with E-state index >= 15 is 0 Å². The van der Waals surface area contributed by atoms with E-state index in [1.165, 1.54) is 11.1 Å². The first-order chi connectivity index (χ1) is 15.2. The maximum absolute atomic E-state index is 13.2. The molecule has 1 fully saturated rings. The summed E-state index contributed by atoms with van der Waals surface area (Å²) in [6.07, 6.45) is 3.01. The summed E-state index contributed by atoms with van der Waals surface area (Å²) in [4.78, 5) is 15.6. The van der Waals surface area contributed by atoms with Crippen molar-refractivity contribution >= 4 is 5.91 Å². The largest absolute Gasteiger partial charge is 0.493 e. The first-order valence-electron chi connectivity index (χ1n) is 11.1. The minimum atomic E-state index is -0.0688. The second-order valence-electron chi connectivity index (χ2n) is 8.17. The Kier molecular flexibility index (Phi) is 7.10. The number of carbonyl (C=O) groups is 1. The smallest absolute Gasteiger partial charge is 0.227 e. The van der Waals surface area contributed by atoms with Gasteiger partial charge < -0.3 is 19.5 Å². The molecular weight excluding hydrogens is 392 g/mol. The van der Waals surface area contributed by atoms with E-state index in [-0.39, 0.29) is 17.9 Å². The summed E-state index contributed by atoms with van der Waals surface area (Å²) in [6.45, 7) is 3.62. The second kappa shape index (κ2) is 10.2. The molecule has 1 heterocycles. The van der Waals surface area contributed by atoms with Gasteiger partial charge in [0.05, 0.1) is 39.4 Å². The molecule has 2 aromatic carbocycles. The third-order valence-electron chi connectivity index (χ3n) is 6.43. The molecule has 1 N–H and O–H groups in total. The van der Waals surface area contributed by atoms with Crippen LogP contribution in [0.15, 0.2) is 42.5 Å². The highest BCUT2D eigenvalue weighted by atomic mass is 16.5. The molecule has 1 amide bonds. The van der Waals surface area contributed by atoms with Crippen LogP contribution in [-0.4, -0.2) is 57.9 Å². The van der Waals surface area contributed by atoms with Crippen LogP contribution < -0.4 is 14.8 Å². The van der Waals surface area contributed by atoms with Crippen molar-refractivity contribution in [2.24, 2.45) is 0 Å². The number of benzene rings is 2. The Balaban J connectivity index is 1.53. The van der Waals surface area contributed by atoms with Crippen LogP contribution in [0.5, 0.6) is 11.5 Å². The van der Waals surface area contributed by atoms with E-state index in [0.29, 0.717) is 31.3 Å². The summed E-state index contributed by atoms with van der Waals surface area (Å²) < 4.78 is 16.5. The molecule has 0 aromatic heterocycles. The Hall–Kier alpha value is -2.57. The molecule has 0 radical (unpaired) electrons. The fourth-order valence-corrected chi connectivity index (χ4v) is 4.75. The van der Waals surface area contributed by atoms with Crippen molar-refractivity contribution in [2.75, 3.05) is 47.1 Å². The summed E-state index contributed by atoms with van der Waals surface area (Å²) in [5, 5.41) is 3.26. The molecular formula is C25H32N2O4. The first kappa shape index (κ1) is 21.7. The Morgan fingerprint density at radius 1 is 1.13 bits per heavy atom. The topological polar surface area (TPSA) is 60.0 Å². The maximum atomic E-state index is 13.2. The van der Waals surface area contributed by atoms with E-state index in [2.05, 4.69) is 34.5 Å². The number of rotatable bonds is 7. The van der Waals surface area contributed by atoms with Gasteiger partial charge in [0.15, 0.2) is 11.5 Å². The molecule has 166 valence electrons. The lowest BCUT2D eigenvalue weighted by Gasteiger charge is -2.35. The van der Waals surface area contributed by atoms with Gasteiger partial charge in [0.2, 0.25) is 5.91 Å². The lowest BCUT2D eigenvalue weighted by Crippen LogP contribution is -2.44. The van der Waals surface area contributed by atoms with Gasteiger partial charge in [0.1, 0.15) is 0 Å². The number of fused-ring (bicyclic) bond motifs is 1. The fraction of sp³-hybridized carbons (Fsp3) is 0.480. The number of carbonyl (C=O) groups excluding carboxylic acids is 1. The van der Waals surface area contributed by atoms with Crippen molar-refractivity contribution < 1.29 is 19.0 Å². The van der Waals surface area contributed by atoms with Gasteiger partial charge in [-0.2, -0.15) is 0 Å². The van der Waals surface area contributed by atoms with Crippen molar-refractivity contribution in [3.63, 3.8) is 0 Å². The molecule has 2 aliphatic rings. The molecule has 0 bridgehead atoms. The minimum absolute atomic E-state index is 0.0477. The lowest BCUT2D eigenvalue weighted by molar-refractivity contribution is -0.123. The fourth-order valence-electron chi connectivity index (χ4n) is 4.75. The maximum Gasteiger partial charge on any atom is 0.227 e. The normalized spacial score (nSPS) is 19.9. The van der Waals surface area contributed by atoms with Crippen LogP contribution in [0.3, 0.4) is 0 Å². The molecule has 0 saturated carbocycles. The average Bonchev–Trinajstić information content (AvgIpc) is 2.84. The SMILES string of the molecule is COc1ccc(C(CNC(=O)C2CCCc3ccccc32)N2CCOCC2)cc1OC. The standard InChI is InChI=1S/C25H32N2O4/c1-29-23-11-10-19(16-24(23)30-2)22(27-12-14-31-15-13-27)17-26-25(28)21-9-5-7-18-6-3-4-8-20(18)21/h3-4,6,8,10-11,16,21-22H,5,7,9,12-15,17H2,1-2H3,(H,26,28). The zero-order valence-electron chi connectivity index (χ0n) is 18.4. The monoisotopic (exact) mass is 424 g/mol. The molecule has 0 spiro atoms. The zero-order valence-corrected chi connectivity index (χ0v) is 18.4. The van der Waals surface area contributed by atoms with Gasteiger partial charge in [-0.1, -0.05) is 30.3 Å². The summed E-state index contributed by atoms with van der Waals surface area (Å²) in [7, 11) is 3.28. The van der Waals surface area contributed by atoms with Crippen LogP contribution in [0.4, 0.5) is 0 Å². The molecule has 4 rings (SSSR count).